The molecule has 1 fully saturated rings. The number of hydrogen-bond donors (Lipinski definition) is 2. The first kappa shape index (κ1) is 18.0. The average molecular weight is 352 g/mol. The highest BCUT2D eigenvalue weighted by Gasteiger charge is 2.29. The van der Waals surface area contributed by atoms with Crippen molar-refractivity contribution in [3.05, 3.63) is 53.6 Å². The van der Waals surface area contributed by atoms with Gasteiger partial charge in [-0.3, -0.25) is 9.59 Å². The number of amides is 2. The van der Waals surface area contributed by atoms with Gasteiger partial charge in [0.15, 0.2) is 0 Å². The predicted molar refractivity (Wildman–Crippen MR) is 103 cm³/mol. The van der Waals surface area contributed by atoms with E-state index in [0.717, 1.165) is 30.5 Å². The minimum atomic E-state index is -0.236. The first-order valence-electron chi connectivity index (χ1n) is 9.03. The maximum Gasteiger partial charge on any atom is 0.259 e. The molecule has 1 aliphatic carbocycles. The van der Waals surface area contributed by atoms with Crippen LogP contribution in [-0.2, 0) is 4.79 Å². The Morgan fingerprint density at radius 1 is 1.12 bits per heavy atom. The molecular formula is C21H24N2O3. The highest BCUT2D eigenvalue weighted by atomic mass is 16.5. The number of para-hydroxylation sites is 1. The molecule has 0 heterocycles. The van der Waals surface area contributed by atoms with Crippen LogP contribution in [0.3, 0.4) is 0 Å². The Hall–Kier alpha value is -2.82. The molecule has 0 saturated heterocycles. The maximum atomic E-state index is 12.7. The van der Waals surface area contributed by atoms with Gasteiger partial charge in [0, 0.05) is 17.3 Å². The van der Waals surface area contributed by atoms with Crippen LogP contribution in [0.15, 0.2) is 42.5 Å². The molecule has 2 N–H and O–H groups in total. The Balaban J connectivity index is 1.74. The molecule has 0 bridgehead atoms. The maximum absolute atomic E-state index is 12.7. The number of anilines is 2. The summed E-state index contributed by atoms with van der Waals surface area (Å²) in [7, 11) is 0. The van der Waals surface area contributed by atoms with Gasteiger partial charge in [-0.1, -0.05) is 25.1 Å². The van der Waals surface area contributed by atoms with Crippen molar-refractivity contribution in [3.63, 3.8) is 0 Å². The summed E-state index contributed by atoms with van der Waals surface area (Å²) >= 11 is 0. The molecular weight excluding hydrogens is 328 g/mol. The quantitative estimate of drug-likeness (QED) is 0.777. The van der Waals surface area contributed by atoms with Crippen LogP contribution < -0.4 is 15.4 Å². The molecule has 0 aliphatic heterocycles. The summed E-state index contributed by atoms with van der Waals surface area (Å²) in [6.45, 7) is 4.51. The summed E-state index contributed by atoms with van der Waals surface area (Å²) in [5.41, 5.74) is 2.82. The average Bonchev–Trinajstić information content (AvgIpc) is 3.48. The van der Waals surface area contributed by atoms with Crippen molar-refractivity contribution in [1.29, 1.82) is 0 Å². The van der Waals surface area contributed by atoms with Gasteiger partial charge >= 0.3 is 0 Å². The lowest BCUT2D eigenvalue weighted by Gasteiger charge is -2.13. The lowest BCUT2D eigenvalue weighted by atomic mass is 10.1. The number of nitrogens with one attached hydrogen (secondary N) is 2. The Bertz CT molecular complexity index is 813. The number of rotatable bonds is 7. The van der Waals surface area contributed by atoms with Crippen molar-refractivity contribution >= 4 is 23.2 Å². The molecule has 3 rings (SSSR count). The molecule has 26 heavy (non-hydrogen) atoms. The van der Waals surface area contributed by atoms with Crippen molar-refractivity contribution < 1.29 is 14.3 Å². The zero-order valence-electron chi connectivity index (χ0n) is 15.2. The van der Waals surface area contributed by atoms with Crippen molar-refractivity contribution in [2.75, 3.05) is 17.2 Å². The van der Waals surface area contributed by atoms with Crippen molar-refractivity contribution in [3.8, 4) is 5.75 Å². The van der Waals surface area contributed by atoms with Gasteiger partial charge in [0.2, 0.25) is 5.91 Å². The van der Waals surface area contributed by atoms with Gasteiger partial charge in [-0.15, -0.1) is 0 Å². The summed E-state index contributed by atoms with van der Waals surface area (Å²) in [5, 5.41) is 5.84. The molecule has 0 aromatic heterocycles. The van der Waals surface area contributed by atoms with Crippen LogP contribution >= 0.6 is 0 Å². The normalized spacial score (nSPS) is 13.2. The standard InChI is InChI=1S/C21H24N2O3/c1-3-12-26-19-7-5-4-6-17(19)21(25)22-16-11-8-14(2)18(13-16)23-20(24)15-9-10-15/h4-8,11,13,15H,3,9-10,12H2,1-2H3,(H,22,25)(H,23,24). The summed E-state index contributed by atoms with van der Waals surface area (Å²) in [4.78, 5) is 24.7. The van der Waals surface area contributed by atoms with E-state index in [-0.39, 0.29) is 17.7 Å². The van der Waals surface area contributed by atoms with E-state index < -0.39 is 0 Å². The summed E-state index contributed by atoms with van der Waals surface area (Å²) in [6.07, 6.45) is 2.78. The highest BCUT2D eigenvalue weighted by molar-refractivity contribution is 6.06. The molecule has 5 heteroatoms. The first-order chi connectivity index (χ1) is 12.6. The van der Waals surface area contributed by atoms with Crippen LogP contribution in [0.1, 0.15) is 42.1 Å². The van der Waals surface area contributed by atoms with Crippen molar-refractivity contribution in [2.24, 2.45) is 5.92 Å². The lowest BCUT2D eigenvalue weighted by molar-refractivity contribution is -0.117. The molecule has 1 saturated carbocycles. The Kier molecular flexibility index (Phi) is 5.56. The molecule has 1 aliphatic rings. The largest absolute Gasteiger partial charge is 0.493 e. The van der Waals surface area contributed by atoms with E-state index in [0.29, 0.717) is 23.6 Å². The van der Waals surface area contributed by atoms with Crippen molar-refractivity contribution in [1.82, 2.24) is 0 Å². The van der Waals surface area contributed by atoms with Gasteiger partial charge in [-0.25, -0.2) is 0 Å². The van der Waals surface area contributed by atoms with E-state index in [4.69, 9.17) is 4.74 Å². The third-order valence-corrected chi connectivity index (χ3v) is 4.29. The molecule has 2 aromatic rings. The molecule has 2 amide bonds. The molecule has 5 nitrogen and oxygen atoms in total. The second-order valence-electron chi connectivity index (χ2n) is 6.59. The summed E-state index contributed by atoms with van der Waals surface area (Å²) in [6, 6.07) is 12.7. The number of carbonyl (C=O) groups is 2. The van der Waals surface area contributed by atoms with E-state index in [1.54, 1.807) is 18.2 Å². The van der Waals surface area contributed by atoms with Gasteiger partial charge in [-0.05, 0) is 56.0 Å². The zero-order chi connectivity index (χ0) is 18.5. The molecule has 2 aromatic carbocycles. The number of carbonyl (C=O) groups excluding carboxylic acids is 2. The van der Waals surface area contributed by atoms with Gasteiger partial charge < -0.3 is 15.4 Å². The predicted octanol–water partition coefficient (Wildman–Crippen LogP) is 4.38. The Morgan fingerprint density at radius 2 is 1.88 bits per heavy atom. The smallest absolute Gasteiger partial charge is 0.259 e. The van der Waals surface area contributed by atoms with Crippen LogP contribution in [0.4, 0.5) is 11.4 Å². The number of aryl methyl sites for hydroxylation is 1. The number of ether oxygens (including phenoxy) is 1. The Morgan fingerprint density at radius 3 is 2.62 bits per heavy atom. The molecule has 0 unspecified atom stereocenters. The Labute approximate surface area is 153 Å². The van der Waals surface area contributed by atoms with Gasteiger partial charge in [0.1, 0.15) is 5.75 Å². The van der Waals surface area contributed by atoms with Crippen LogP contribution in [0.25, 0.3) is 0 Å². The van der Waals surface area contributed by atoms with E-state index in [1.165, 1.54) is 0 Å². The van der Waals surface area contributed by atoms with Gasteiger partial charge in [0.05, 0.1) is 12.2 Å². The first-order valence-corrected chi connectivity index (χ1v) is 9.03. The van der Waals surface area contributed by atoms with Crippen molar-refractivity contribution in [2.45, 2.75) is 33.1 Å². The fourth-order valence-corrected chi connectivity index (χ4v) is 2.61. The van der Waals surface area contributed by atoms with Crippen LogP contribution in [0, 0.1) is 12.8 Å². The zero-order valence-corrected chi connectivity index (χ0v) is 15.2. The van der Waals surface area contributed by atoms with E-state index >= 15 is 0 Å². The second kappa shape index (κ2) is 8.04. The van der Waals surface area contributed by atoms with Crippen LogP contribution in [-0.4, -0.2) is 18.4 Å². The molecule has 0 atom stereocenters. The highest BCUT2D eigenvalue weighted by Crippen LogP contribution is 2.31. The number of hydrogen-bond acceptors (Lipinski definition) is 3. The molecule has 0 spiro atoms. The summed E-state index contributed by atoms with van der Waals surface area (Å²) < 4.78 is 5.66. The number of benzene rings is 2. The van der Waals surface area contributed by atoms with E-state index in [9.17, 15) is 9.59 Å². The SMILES string of the molecule is CCCOc1ccccc1C(=O)Nc1ccc(C)c(NC(=O)C2CC2)c1. The van der Waals surface area contributed by atoms with Crippen LogP contribution in [0.5, 0.6) is 5.75 Å². The second-order valence-corrected chi connectivity index (χ2v) is 6.59. The fourth-order valence-electron chi connectivity index (χ4n) is 2.61. The minimum Gasteiger partial charge on any atom is -0.493 e. The third kappa shape index (κ3) is 4.42. The molecule has 136 valence electrons. The minimum absolute atomic E-state index is 0.0508. The van der Waals surface area contributed by atoms with Gasteiger partial charge in [-0.2, -0.15) is 0 Å². The third-order valence-electron chi connectivity index (χ3n) is 4.29. The van der Waals surface area contributed by atoms with E-state index in [2.05, 4.69) is 10.6 Å². The van der Waals surface area contributed by atoms with E-state index in [1.807, 2.05) is 38.1 Å². The summed E-state index contributed by atoms with van der Waals surface area (Å²) in [5.74, 6) is 0.520. The van der Waals surface area contributed by atoms with Gasteiger partial charge in [0.25, 0.3) is 5.91 Å². The van der Waals surface area contributed by atoms with Crippen LogP contribution in [0.2, 0.25) is 0 Å². The topological polar surface area (TPSA) is 67.4 Å². The fraction of sp³-hybridized carbons (Fsp3) is 0.333. The monoisotopic (exact) mass is 352 g/mol. The lowest BCUT2D eigenvalue weighted by Crippen LogP contribution is -2.16. The molecule has 0 radical (unpaired) electrons.